The molecule has 1 amide bonds. The molecule has 0 spiro atoms. The van der Waals surface area contributed by atoms with E-state index in [1.54, 1.807) is 29.6 Å². The van der Waals surface area contributed by atoms with Gasteiger partial charge in [0, 0.05) is 49.8 Å². The molecule has 8 heteroatoms. The van der Waals surface area contributed by atoms with E-state index in [0.717, 1.165) is 5.69 Å². The second kappa shape index (κ2) is 6.74. The van der Waals surface area contributed by atoms with Crippen molar-refractivity contribution in [2.24, 2.45) is 0 Å². The van der Waals surface area contributed by atoms with E-state index in [-0.39, 0.29) is 5.91 Å². The first-order valence-electron chi connectivity index (χ1n) is 7.78. The molecule has 0 saturated carbocycles. The maximum atomic E-state index is 12.6. The third kappa shape index (κ3) is 3.65. The number of aromatic nitrogens is 2. The van der Waals surface area contributed by atoms with Crippen molar-refractivity contribution in [1.82, 2.24) is 18.8 Å². The summed E-state index contributed by atoms with van der Waals surface area (Å²) in [6.07, 6.45) is 7.09. The largest absolute Gasteiger partial charge is 0.337 e. The van der Waals surface area contributed by atoms with Gasteiger partial charge in [0.25, 0.3) is 5.91 Å². The summed E-state index contributed by atoms with van der Waals surface area (Å²) < 4.78 is 26.6. The Morgan fingerprint density at radius 1 is 1.08 bits per heavy atom. The maximum absolute atomic E-state index is 12.6. The van der Waals surface area contributed by atoms with Gasteiger partial charge in [-0.15, -0.1) is 0 Å². The minimum Gasteiger partial charge on any atom is -0.337 e. The van der Waals surface area contributed by atoms with Crippen molar-refractivity contribution < 1.29 is 13.2 Å². The van der Waals surface area contributed by atoms with Crippen molar-refractivity contribution in [1.29, 1.82) is 0 Å². The van der Waals surface area contributed by atoms with Gasteiger partial charge < -0.3 is 9.47 Å². The summed E-state index contributed by atoms with van der Waals surface area (Å²) in [5, 5.41) is 0. The number of benzene rings is 1. The van der Waals surface area contributed by atoms with E-state index in [4.69, 9.17) is 0 Å². The molecule has 3 rings (SSSR count). The van der Waals surface area contributed by atoms with Crippen molar-refractivity contribution in [2.75, 3.05) is 32.4 Å². The van der Waals surface area contributed by atoms with Gasteiger partial charge in [0.1, 0.15) is 0 Å². The lowest BCUT2D eigenvalue weighted by molar-refractivity contribution is 0.0764. The number of amides is 1. The minimum atomic E-state index is -3.21. The summed E-state index contributed by atoms with van der Waals surface area (Å²) in [7, 11) is -3.21. The molecule has 1 aromatic carbocycles. The van der Waals surface area contributed by atoms with E-state index in [1.165, 1.54) is 10.6 Å². The zero-order valence-corrected chi connectivity index (χ0v) is 14.3. The van der Waals surface area contributed by atoms with Crippen LogP contribution in [-0.2, 0) is 10.0 Å². The second-order valence-electron chi connectivity index (χ2n) is 5.82. The highest BCUT2D eigenvalue weighted by Crippen LogP contribution is 2.14. The molecule has 2 aromatic rings. The predicted octanol–water partition coefficient (Wildman–Crippen LogP) is 0.980. The molecular weight excluding hydrogens is 328 g/mol. The van der Waals surface area contributed by atoms with Gasteiger partial charge >= 0.3 is 0 Å². The molecule has 0 bridgehead atoms. The number of rotatable bonds is 3. The maximum Gasteiger partial charge on any atom is 0.253 e. The molecule has 1 aromatic heterocycles. The molecule has 1 aliphatic rings. The molecule has 24 heavy (non-hydrogen) atoms. The van der Waals surface area contributed by atoms with Gasteiger partial charge in [-0.25, -0.2) is 17.7 Å². The molecule has 1 saturated heterocycles. The molecular formula is C16H20N4O3S. The van der Waals surface area contributed by atoms with E-state index in [0.29, 0.717) is 38.2 Å². The molecule has 1 fully saturated rings. The van der Waals surface area contributed by atoms with Gasteiger partial charge in [-0.3, -0.25) is 4.79 Å². The van der Waals surface area contributed by atoms with Crippen LogP contribution in [0, 0.1) is 0 Å². The Morgan fingerprint density at radius 3 is 2.46 bits per heavy atom. The van der Waals surface area contributed by atoms with E-state index in [2.05, 4.69) is 4.98 Å². The zero-order chi connectivity index (χ0) is 17.2. The van der Waals surface area contributed by atoms with Crippen LogP contribution in [0.3, 0.4) is 0 Å². The molecule has 7 nitrogen and oxygen atoms in total. The van der Waals surface area contributed by atoms with Crippen LogP contribution in [0.15, 0.2) is 43.0 Å². The lowest BCUT2D eigenvalue weighted by atomic mass is 10.1. The number of hydrogen-bond acceptors (Lipinski definition) is 4. The number of hydrogen-bond donors (Lipinski definition) is 0. The monoisotopic (exact) mass is 348 g/mol. The van der Waals surface area contributed by atoms with E-state index in [1.807, 2.05) is 22.9 Å². The van der Waals surface area contributed by atoms with E-state index < -0.39 is 10.0 Å². The predicted molar refractivity (Wildman–Crippen MR) is 90.5 cm³/mol. The molecule has 0 atom stereocenters. The highest BCUT2D eigenvalue weighted by molar-refractivity contribution is 7.88. The Balaban J connectivity index is 1.70. The van der Waals surface area contributed by atoms with E-state index >= 15 is 0 Å². The molecule has 0 aliphatic carbocycles. The van der Waals surface area contributed by atoms with Crippen molar-refractivity contribution in [3.63, 3.8) is 0 Å². The first-order chi connectivity index (χ1) is 11.4. The molecule has 0 radical (unpaired) electrons. The fourth-order valence-corrected chi connectivity index (χ4v) is 3.67. The second-order valence-corrected chi connectivity index (χ2v) is 7.81. The van der Waals surface area contributed by atoms with Crippen LogP contribution in [-0.4, -0.2) is 65.5 Å². The highest BCUT2D eigenvalue weighted by Gasteiger charge is 2.24. The number of imidazole rings is 1. The number of carbonyl (C=O) groups excluding carboxylic acids is 1. The highest BCUT2D eigenvalue weighted by atomic mass is 32.2. The topological polar surface area (TPSA) is 75.5 Å². The average molecular weight is 348 g/mol. The lowest BCUT2D eigenvalue weighted by Crippen LogP contribution is -2.36. The Bertz CT molecular complexity index is 800. The molecule has 0 N–H and O–H groups in total. The number of nitrogens with zero attached hydrogens (tertiary/aromatic N) is 4. The van der Waals surface area contributed by atoms with Crippen molar-refractivity contribution in [2.45, 2.75) is 6.42 Å². The van der Waals surface area contributed by atoms with Crippen LogP contribution >= 0.6 is 0 Å². The Kier molecular flexibility index (Phi) is 4.68. The van der Waals surface area contributed by atoms with Crippen molar-refractivity contribution in [3.05, 3.63) is 48.5 Å². The van der Waals surface area contributed by atoms with Gasteiger partial charge in [0.2, 0.25) is 10.0 Å². The zero-order valence-electron chi connectivity index (χ0n) is 13.5. The summed E-state index contributed by atoms with van der Waals surface area (Å²) in [6, 6.07) is 7.32. The summed E-state index contributed by atoms with van der Waals surface area (Å²) in [5.41, 5.74) is 1.54. The first kappa shape index (κ1) is 16.7. The van der Waals surface area contributed by atoms with Gasteiger partial charge in [-0.2, -0.15) is 0 Å². The van der Waals surface area contributed by atoms with Gasteiger partial charge in [0.15, 0.2) is 0 Å². The van der Waals surface area contributed by atoms with Crippen LogP contribution in [0.25, 0.3) is 5.69 Å². The lowest BCUT2D eigenvalue weighted by Gasteiger charge is -2.21. The fraction of sp³-hybridized carbons (Fsp3) is 0.375. The van der Waals surface area contributed by atoms with E-state index in [9.17, 15) is 13.2 Å². The normalized spacial score (nSPS) is 16.8. The third-order valence-corrected chi connectivity index (χ3v) is 5.43. The Hall–Kier alpha value is -2.19. The first-order valence-corrected chi connectivity index (χ1v) is 9.63. The smallest absolute Gasteiger partial charge is 0.253 e. The summed E-state index contributed by atoms with van der Waals surface area (Å²) in [5.74, 6) is -0.0671. The Morgan fingerprint density at radius 2 is 1.83 bits per heavy atom. The third-order valence-electron chi connectivity index (χ3n) is 4.13. The fourth-order valence-electron chi connectivity index (χ4n) is 2.80. The van der Waals surface area contributed by atoms with Crippen LogP contribution in [0.1, 0.15) is 16.8 Å². The quantitative estimate of drug-likeness (QED) is 0.829. The minimum absolute atomic E-state index is 0.0671. The van der Waals surface area contributed by atoms with Crippen LogP contribution in [0.4, 0.5) is 0 Å². The SMILES string of the molecule is CS(=O)(=O)N1CCCN(C(=O)c2ccc(-n3ccnc3)cc2)CC1. The standard InChI is InChI=1S/C16H20N4O3S/c1-24(22,23)20-9-2-8-18(11-12-20)16(21)14-3-5-15(6-4-14)19-10-7-17-13-19/h3-7,10,13H,2,8-9,11-12H2,1H3. The molecule has 2 heterocycles. The average Bonchev–Trinajstić information content (AvgIpc) is 2.97. The summed E-state index contributed by atoms with van der Waals surface area (Å²) in [4.78, 5) is 18.4. The van der Waals surface area contributed by atoms with Crippen molar-refractivity contribution in [3.8, 4) is 5.69 Å². The van der Waals surface area contributed by atoms with Gasteiger partial charge in [0.05, 0.1) is 12.6 Å². The molecule has 128 valence electrons. The Labute approximate surface area is 141 Å². The van der Waals surface area contributed by atoms with Crippen LogP contribution in [0.5, 0.6) is 0 Å². The number of sulfonamides is 1. The van der Waals surface area contributed by atoms with Crippen LogP contribution in [0.2, 0.25) is 0 Å². The molecule has 0 unspecified atom stereocenters. The summed E-state index contributed by atoms with van der Waals surface area (Å²) >= 11 is 0. The van der Waals surface area contributed by atoms with Gasteiger partial charge in [-0.1, -0.05) is 0 Å². The van der Waals surface area contributed by atoms with Gasteiger partial charge in [-0.05, 0) is 30.7 Å². The molecule has 1 aliphatic heterocycles. The van der Waals surface area contributed by atoms with Crippen LogP contribution < -0.4 is 0 Å². The number of carbonyl (C=O) groups is 1. The summed E-state index contributed by atoms with van der Waals surface area (Å²) in [6.45, 7) is 1.78. The van der Waals surface area contributed by atoms with Crippen molar-refractivity contribution >= 4 is 15.9 Å².